The van der Waals surface area contributed by atoms with Crippen LogP contribution in [-0.2, 0) is 5.41 Å². The Morgan fingerprint density at radius 2 is 1.61 bits per heavy atom. The fourth-order valence-electron chi connectivity index (χ4n) is 5.62. The normalized spacial score (nSPS) is 17.8. The number of aromatic hydroxyl groups is 1. The maximum absolute atomic E-state index is 11.0. The smallest absolute Gasteiger partial charge is 0.123 e. The van der Waals surface area contributed by atoms with E-state index in [1.807, 2.05) is 19.1 Å². The summed E-state index contributed by atoms with van der Waals surface area (Å²) < 4.78 is 5.69. The lowest BCUT2D eigenvalue weighted by Crippen LogP contribution is -2.26. The molecule has 1 fully saturated rings. The SMILES string of the molecule is CCOc1ccc2c3c(cc(O)c2c1)C1(CCCCCCC1)c1ccccc1-3. The summed E-state index contributed by atoms with van der Waals surface area (Å²) in [6, 6.07) is 17.2. The zero-order valence-electron chi connectivity index (χ0n) is 16.6. The third-order valence-corrected chi connectivity index (χ3v) is 6.83. The predicted octanol–water partition coefficient (Wildman–Crippen LogP) is 6.95. The van der Waals surface area contributed by atoms with Gasteiger partial charge in [0, 0.05) is 10.8 Å². The third kappa shape index (κ3) is 2.54. The zero-order chi connectivity index (χ0) is 19.1. The Bertz CT molecular complexity index is 1030. The molecule has 5 rings (SSSR count). The van der Waals surface area contributed by atoms with E-state index in [0.29, 0.717) is 12.4 Å². The topological polar surface area (TPSA) is 29.5 Å². The molecule has 0 saturated heterocycles. The Labute approximate surface area is 167 Å². The monoisotopic (exact) mass is 372 g/mol. The average Bonchev–Trinajstić information content (AvgIpc) is 2.96. The molecule has 0 bridgehead atoms. The van der Waals surface area contributed by atoms with Gasteiger partial charge in [0.05, 0.1) is 6.61 Å². The summed E-state index contributed by atoms with van der Waals surface area (Å²) in [5.74, 6) is 1.20. The van der Waals surface area contributed by atoms with Crippen LogP contribution in [0, 0.1) is 0 Å². The van der Waals surface area contributed by atoms with Crippen molar-refractivity contribution in [3.63, 3.8) is 0 Å². The van der Waals surface area contributed by atoms with Crippen molar-refractivity contribution >= 4 is 10.8 Å². The van der Waals surface area contributed by atoms with Crippen LogP contribution in [0.3, 0.4) is 0 Å². The highest BCUT2D eigenvalue weighted by Gasteiger charge is 2.43. The Hall–Kier alpha value is -2.48. The van der Waals surface area contributed by atoms with Gasteiger partial charge in [-0.1, -0.05) is 56.4 Å². The number of ether oxygens (including phenoxy) is 1. The number of phenols is 1. The fourth-order valence-corrected chi connectivity index (χ4v) is 5.62. The van der Waals surface area contributed by atoms with Crippen LogP contribution in [-0.4, -0.2) is 11.7 Å². The van der Waals surface area contributed by atoms with Gasteiger partial charge in [-0.2, -0.15) is 0 Å². The van der Waals surface area contributed by atoms with Crippen LogP contribution in [0.15, 0.2) is 48.5 Å². The summed E-state index contributed by atoms with van der Waals surface area (Å²) in [6.45, 7) is 2.62. The molecule has 3 aromatic carbocycles. The largest absolute Gasteiger partial charge is 0.507 e. The molecular weight excluding hydrogens is 344 g/mol. The first kappa shape index (κ1) is 17.6. The molecule has 2 aliphatic rings. The Balaban J connectivity index is 1.80. The van der Waals surface area contributed by atoms with Crippen LogP contribution in [0.2, 0.25) is 0 Å². The van der Waals surface area contributed by atoms with Crippen molar-refractivity contribution in [2.24, 2.45) is 0 Å². The molecule has 0 aliphatic heterocycles. The zero-order valence-corrected chi connectivity index (χ0v) is 16.6. The molecule has 0 unspecified atom stereocenters. The van der Waals surface area contributed by atoms with E-state index < -0.39 is 0 Å². The second-order valence-corrected chi connectivity index (χ2v) is 8.35. The van der Waals surface area contributed by atoms with E-state index in [1.54, 1.807) is 0 Å². The molecule has 2 aliphatic carbocycles. The highest BCUT2D eigenvalue weighted by atomic mass is 16.5. The molecule has 0 radical (unpaired) electrons. The van der Waals surface area contributed by atoms with Gasteiger partial charge in [0.2, 0.25) is 0 Å². The van der Waals surface area contributed by atoms with Crippen LogP contribution in [0.5, 0.6) is 11.5 Å². The van der Waals surface area contributed by atoms with E-state index in [9.17, 15) is 5.11 Å². The third-order valence-electron chi connectivity index (χ3n) is 6.83. The second-order valence-electron chi connectivity index (χ2n) is 8.35. The van der Waals surface area contributed by atoms with Gasteiger partial charge in [-0.15, -0.1) is 0 Å². The van der Waals surface area contributed by atoms with E-state index in [-0.39, 0.29) is 5.41 Å². The van der Waals surface area contributed by atoms with Crippen LogP contribution < -0.4 is 4.74 Å². The Morgan fingerprint density at radius 3 is 2.39 bits per heavy atom. The van der Waals surface area contributed by atoms with Crippen LogP contribution in [0.4, 0.5) is 0 Å². The van der Waals surface area contributed by atoms with Crippen molar-refractivity contribution in [1.29, 1.82) is 0 Å². The molecule has 3 aromatic rings. The lowest BCUT2D eigenvalue weighted by Gasteiger charge is -2.34. The maximum Gasteiger partial charge on any atom is 0.123 e. The lowest BCUT2D eigenvalue weighted by atomic mass is 9.69. The predicted molar refractivity (Wildman–Crippen MR) is 115 cm³/mol. The molecule has 144 valence electrons. The van der Waals surface area contributed by atoms with Gasteiger partial charge in [0.15, 0.2) is 0 Å². The molecule has 0 heterocycles. The fraction of sp³-hybridized carbons (Fsp3) is 0.385. The highest BCUT2D eigenvalue weighted by Crippen LogP contribution is 2.57. The number of benzene rings is 3. The second kappa shape index (κ2) is 6.84. The molecule has 1 saturated carbocycles. The summed E-state index contributed by atoms with van der Waals surface area (Å²) in [5, 5.41) is 13.0. The van der Waals surface area contributed by atoms with E-state index in [1.165, 1.54) is 67.2 Å². The van der Waals surface area contributed by atoms with Gasteiger partial charge in [-0.05, 0) is 71.7 Å². The standard InChI is InChI=1S/C26H28O2/c1-2-28-18-12-13-19-21(16-18)24(27)17-23-25(19)20-10-6-7-11-22(20)26(23)14-8-4-3-5-9-15-26/h6-7,10-13,16-17,27H,2-5,8-9,14-15H2,1H3. The molecular formula is C26H28O2. The number of hydrogen-bond acceptors (Lipinski definition) is 2. The van der Waals surface area contributed by atoms with Crippen molar-refractivity contribution in [2.45, 2.75) is 57.3 Å². The molecule has 0 atom stereocenters. The Morgan fingerprint density at radius 1 is 0.857 bits per heavy atom. The molecule has 0 aromatic heterocycles. The van der Waals surface area contributed by atoms with Gasteiger partial charge in [-0.25, -0.2) is 0 Å². The lowest BCUT2D eigenvalue weighted by molar-refractivity contribution is 0.340. The number of hydrogen-bond donors (Lipinski definition) is 1. The first-order chi connectivity index (χ1) is 13.7. The van der Waals surface area contributed by atoms with Crippen LogP contribution in [0.1, 0.15) is 63.0 Å². The molecule has 2 nitrogen and oxygen atoms in total. The van der Waals surface area contributed by atoms with E-state index >= 15 is 0 Å². The number of rotatable bonds is 2. The van der Waals surface area contributed by atoms with Crippen molar-refractivity contribution in [1.82, 2.24) is 0 Å². The van der Waals surface area contributed by atoms with Crippen molar-refractivity contribution < 1.29 is 9.84 Å². The first-order valence-corrected chi connectivity index (χ1v) is 10.8. The van der Waals surface area contributed by atoms with Crippen molar-refractivity contribution in [3.05, 3.63) is 59.7 Å². The molecule has 2 heteroatoms. The van der Waals surface area contributed by atoms with E-state index in [4.69, 9.17) is 4.74 Å². The van der Waals surface area contributed by atoms with Crippen molar-refractivity contribution in [2.75, 3.05) is 6.61 Å². The minimum atomic E-state index is 0.0522. The first-order valence-electron chi connectivity index (χ1n) is 10.8. The summed E-state index contributed by atoms with van der Waals surface area (Å²) >= 11 is 0. The Kier molecular flexibility index (Phi) is 4.30. The van der Waals surface area contributed by atoms with Gasteiger partial charge >= 0.3 is 0 Å². The molecule has 0 amide bonds. The van der Waals surface area contributed by atoms with Gasteiger partial charge in [0.25, 0.3) is 0 Å². The van der Waals surface area contributed by atoms with Crippen LogP contribution >= 0.6 is 0 Å². The summed E-state index contributed by atoms with van der Waals surface area (Å²) in [6.07, 6.45) is 8.87. The van der Waals surface area contributed by atoms with Gasteiger partial charge in [-0.3, -0.25) is 0 Å². The minimum absolute atomic E-state index is 0.0522. The molecule has 1 spiro atoms. The minimum Gasteiger partial charge on any atom is -0.507 e. The average molecular weight is 373 g/mol. The highest BCUT2D eigenvalue weighted by molar-refractivity contribution is 6.05. The number of fused-ring (bicyclic) bond motifs is 7. The quantitative estimate of drug-likeness (QED) is 0.527. The van der Waals surface area contributed by atoms with Crippen LogP contribution in [0.25, 0.3) is 21.9 Å². The summed E-state index contributed by atoms with van der Waals surface area (Å²) in [5.41, 5.74) is 5.54. The van der Waals surface area contributed by atoms with Crippen molar-refractivity contribution in [3.8, 4) is 22.6 Å². The van der Waals surface area contributed by atoms with E-state index in [2.05, 4.69) is 36.4 Å². The summed E-state index contributed by atoms with van der Waals surface area (Å²) in [7, 11) is 0. The van der Waals surface area contributed by atoms with Gasteiger partial charge < -0.3 is 9.84 Å². The maximum atomic E-state index is 11.0. The molecule has 1 N–H and O–H groups in total. The van der Waals surface area contributed by atoms with Gasteiger partial charge in [0.1, 0.15) is 11.5 Å². The van der Waals surface area contributed by atoms with E-state index in [0.717, 1.165) is 16.5 Å². The summed E-state index contributed by atoms with van der Waals surface area (Å²) in [4.78, 5) is 0. The number of phenolic OH excluding ortho intramolecular Hbond substituents is 1. The molecule has 28 heavy (non-hydrogen) atoms.